The van der Waals surface area contributed by atoms with Crippen LogP contribution in [0.25, 0.3) is 0 Å². The van der Waals surface area contributed by atoms with Crippen molar-refractivity contribution in [2.75, 3.05) is 5.32 Å². The first-order valence-corrected chi connectivity index (χ1v) is 8.05. The van der Waals surface area contributed by atoms with E-state index in [1.165, 1.54) is 5.56 Å². The van der Waals surface area contributed by atoms with Crippen LogP contribution in [0.5, 0.6) is 0 Å². The molecule has 1 aromatic heterocycles. The zero-order chi connectivity index (χ0) is 15.4. The van der Waals surface area contributed by atoms with Crippen LogP contribution in [0.3, 0.4) is 0 Å². The van der Waals surface area contributed by atoms with Gasteiger partial charge in [0.15, 0.2) is 0 Å². The summed E-state index contributed by atoms with van der Waals surface area (Å²) in [6.45, 7) is 8.03. The second-order valence-electron chi connectivity index (χ2n) is 5.30. The lowest BCUT2D eigenvalue weighted by Crippen LogP contribution is -2.23. The number of furan rings is 1. The van der Waals surface area contributed by atoms with Crippen LogP contribution in [0.4, 0.5) is 5.69 Å². The Morgan fingerprint density at radius 1 is 1.29 bits per heavy atom. The van der Waals surface area contributed by atoms with Gasteiger partial charge in [0.25, 0.3) is 0 Å². The summed E-state index contributed by atoms with van der Waals surface area (Å²) in [4.78, 5) is 12.3. The number of carbonyl (C=O) groups excluding carboxylic acids is 1. The molecule has 3 nitrogen and oxygen atoms in total. The van der Waals surface area contributed by atoms with Crippen molar-refractivity contribution >= 4 is 23.4 Å². The minimum atomic E-state index is -0.129. The number of thioether (sulfide) groups is 1. The number of nitrogens with one attached hydrogen (secondary N) is 1. The first-order chi connectivity index (χ1) is 9.97. The first kappa shape index (κ1) is 15.7. The fourth-order valence-electron chi connectivity index (χ4n) is 2.28. The summed E-state index contributed by atoms with van der Waals surface area (Å²) in [6.07, 6.45) is 1.65. The third kappa shape index (κ3) is 4.14. The van der Waals surface area contributed by atoms with Crippen molar-refractivity contribution in [2.45, 2.75) is 38.7 Å². The largest absolute Gasteiger partial charge is 0.468 e. The lowest BCUT2D eigenvalue weighted by atomic mass is 10.1. The van der Waals surface area contributed by atoms with Crippen molar-refractivity contribution in [2.24, 2.45) is 0 Å². The third-order valence-corrected chi connectivity index (χ3v) is 4.52. The summed E-state index contributed by atoms with van der Waals surface area (Å²) in [5.41, 5.74) is 4.34. The van der Waals surface area contributed by atoms with Crippen LogP contribution in [-0.4, -0.2) is 11.2 Å². The van der Waals surface area contributed by atoms with Gasteiger partial charge in [-0.25, -0.2) is 0 Å². The number of rotatable bonds is 5. The van der Waals surface area contributed by atoms with Crippen LogP contribution in [0.1, 0.15) is 29.4 Å². The van der Waals surface area contributed by atoms with Gasteiger partial charge >= 0.3 is 0 Å². The molecule has 0 spiro atoms. The van der Waals surface area contributed by atoms with Gasteiger partial charge in [-0.1, -0.05) is 17.7 Å². The number of anilines is 1. The van der Waals surface area contributed by atoms with E-state index < -0.39 is 0 Å². The van der Waals surface area contributed by atoms with Gasteiger partial charge in [-0.05, 0) is 51.0 Å². The standard InChI is InChI=1S/C17H21NO2S/c1-11-8-12(2)16(13(3)9-11)18-17(19)14(4)21-10-15-6-5-7-20-15/h5-9,14H,10H2,1-4H3,(H,18,19)/t14-/m1/s1. The van der Waals surface area contributed by atoms with Gasteiger partial charge in [-0.2, -0.15) is 0 Å². The number of aryl methyl sites for hydroxylation is 3. The lowest BCUT2D eigenvalue weighted by molar-refractivity contribution is -0.115. The van der Waals surface area contributed by atoms with E-state index in [-0.39, 0.29) is 11.2 Å². The van der Waals surface area contributed by atoms with Gasteiger partial charge in [-0.15, -0.1) is 11.8 Å². The Bertz CT molecular complexity index is 597. The molecule has 0 aliphatic carbocycles. The molecule has 0 aliphatic heterocycles. The number of benzene rings is 1. The Labute approximate surface area is 130 Å². The average Bonchev–Trinajstić information content (AvgIpc) is 2.93. The summed E-state index contributed by atoms with van der Waals surface area (Å²) in [7, 11) is 0. The summed E-state index contributed by atoms with van der Waals surface area (Å²) >= 11 is 1.57. The Morgan fingerprint density at radius 3 is 2.52 bits per heavy atom. The van der Waals surface area contributed by atoms with Crippen molar-refractivity contribution in [3.05, 3.63) is 53.0 Å². The summed E-state index contributed by atoms with van der Waals surface area (Å²) in [6, 6.07) is 7.96. The molecule has 0 saturated carbocycles. The van der Waals surface area contributed by atoms with E-state index in [1.54, 1.807) is 18.0 Å². The van der Waals surface area contributed by atoms with Gasteiger partial charge in [0.2, 0.25) is 5.91 Å². The number of hydrogen-bond donors (Lipinski definition) is 1. The molecule has 1 N–H and O–H groups in total. The van der Waals surface area contributed by atoms with Gasteiger partial charge < -0.3 is 9.73 Å². The van der Waals surface area contributed by atoms with Crippen LogP contribution in [0, 0.1) is 20.8 Å². The van der Waals surface area contributed by atoms with Gasteiger partial charge in [-0.3, -0.25) is 4.79 Å². The van der Waals surface area contributed by atoms with Crippen molar-refractivity contribution in [1.29, 1.82) is 0 Å². The highest BCUT2D eigenvalue weighted by atomic mass is 32.2. The molecule has 0 unspecified atom stereocenters. The number of amides is 1. The second kappa shape index (κ2) is 6.85. The van der Waals surface area contributed by atoms with E-state index in [0.717, 1.165) is 22.6 Å². The molecule has 1 amide bonds. The first-order valence-electron chi connectivity index (χ1n) is 7.00. The molecule has 1 heterocycles. The third-order valence-electron chi connectivity index (χ3n) is 3.35. The van der Waals surface area contributed by atoms with Crippen molar-refractivity contribution in [3.63, 3.8) is 0 Å². The topological polar surface area (TPSA) is 42.2 Å². The number of carbonyl (C=O) groups is 1. The summed E-state index contributed by atoms with van der Waals surface area (Å²) < 4.78 is 5.28. The van der Waals surface area contributed by atoms with Crippen molar-refractivity contribution < 1.29 is 9.21 Å². The molecule has 112 valence electrons. The molecule has 2 aromatic rings. The van der Waals surface area contributed by atoms with Gasteiger partial charge in [0, 0.05) is 5.69 Å². The molecule has 2 rings (SSSR count). The zero-order valence-electron chi connectivity index (χ0n) is 12.9. The Balaban J connectivity index is 1.97. The molecular weight excluding hydrogens is 282 g/mol. The molecule has 0 radical (unpaired) electrons. The van der Waals surface area contributed by atoms with Crippen molar-refractivity contribution in [1.82, 2.24) is 0 Å². The van der Waals surface area contributed by atoms with E-state index in [1.807, 2.05) is 32.9 Å². The van der Waals surface area contributed by atoms with Crippen LogP contribution >= 0.6 is 11.8 Å². The molecule has 21 heavy (non-hydrogen) atoms. The van der Waals surface area contributed by atoms with E-state index in [9.17, 15) is 4.79 Å². The van der Waals surface area contributed by atoms with Gasteiger partial charge in [0.05, 0.1) is 17.3 Å². The highest BCUT2D eigenvalue weighted by Crippen LogP contribution is 2.24. The SMILES string of the molecule is Cc1cc(C)c(NC(=O)[C@@H](C)SCc2ccco2)c(C)c1. The lowest BCUT2D eigenvalue weighted by Gasteiger charge is -2.16. The van der Waals surface area contributed by atoms with Crippen LogP contribution < -0.4 is 5.32 Å². The smallest absolute Gasteiger partial charge is 0.237 e. The molecule has 4 heteroatoms. The zero-order valence-corrected chi connectivity index (χ0v) is 13.7. The minimum Gasteiger partial charge on any atom is -0.468 e. The maximum absolute atomic E-state index is 12.3. The summed E-state index contributed by atoms with van der Waals surface area (Å²) in [5.74, 6) is 1.62. The van der Waals surface area contributed by atoms with Crippen LogP contribution in [0.2, 0.25) is 0 Å². The predicted molar refractivity (Wildman–Crippen MR) is 88.7 cm³/mol. The van der Waals surface area contributed by atoms with E-state index in [4.69, 9.17) is 4.42 Å². The maximum atomic E-state index is 12.3. The summed E-state index contributed by atoms with van der Waals surface area (Å²) in [5, 5.41) is 2.92. The predicted octanol–water partition coefficient (Wildman–Crippen LogP) is 4.47. The molecule has 1 aromatic carbocycles. The Morgan fingerprint density at radius 2 is 1.95 bits per heavy atom. The number of hydrogen-bond acceptors (Lipinski definition) is 3. The average molecular weight is 303 g/mol. The fourth-order valence-corrected chi connectivity index (χ4v) is 3.07. The highest BCUT2D eigenvalue weighted by Gasteiger charge is 2.16. The molecule has 1 atom stereocenters. The second-order valence-corrected chi connectivity index (χ2v) is 6.62. The fraction of sp³-hybridized carbons (Fsp3) is 0.353. The maximum Gasteiger partial charge on any atom is 0.237 e. The molecule has 0 saturated heterocycles. The molecule has 0 aliphatic rings. The minimum absolute atomic E-state index is 0.0293. The Kier molecular flexibility index (Phi) is 5.12. The van der Waals surface area contributed by atoms with E-state index >= 15 is 0 Å². The normalized spacial score (nSPS) is 12.2. The van der Waals surface area contributed by atoms with Crippen LogP contribution in [-0.2, 0) is 10.5 Å². The van der Waals surface area contributed by atoms with E-state index in [0.29, 0.717) is 5.75 Å². The van der Waals surface area contributed by atoms with Crippen LogP contribution in [0.15, 0.2) is 34.9 Å². The monoisotopic (exact) mass is 303 g/mol. The molecule has 0 fully saturated rings. The Hall–Kier alpha value is -1.68. The quantitative estimate of drug-likeness (QED) is 0.886. The van der Waals surface area contributed by atoms with Gasteiger partial charge in [0.1, 0.15) is 5.76 Å². The van der Waals surface area contributed by atoms with Crippen molar-refractivity contribution in [3.8, 4) is 0 Å². The highest BCUT2D eigenvalue weighted by molar-refractivity contribution is 7.99. The molecular formula is C17H21NO2S. The van der Waals surface area contributed by atoms with E-state index in [2.05, 4.69) is 24.4 Å². The molecule has 0 bridgehead atoms.